The van der Waals surface area contributed by atoms with Crippen LogP contribution in [0.3, 0.4) is 0 Å². The van der Waals surface area contributed by atoms with Crippen LogP contribution in [0, 0.1) is 0 Å². The minimum Gasteiger partial charge on any atom is -0.456 e. The normalized spacial score (nSPS) is 12.8. The third-order valence-electron chi connectivity index (χ3n) is 9.55. The van der Waals surface area contributed by atoms with Gasteiger partial charge < -0.3 is 8.83 Å². The largest absolute Gasteiger partial charge is 0.456 e. The summed E-state index contributed by atoms with van der Waals surface area (Å²) in [4.78, 5) is 10.6. The van der Waals surface area contributed by atoms with Crippen molar-refractivity contribution in [2.75, 3.05) is 0 Å². The van der Waals surface area contributed by atoms with Crippen LogP contribution >= 0.6 is 0 Å². The first-order chi connectivity index (χ1) is 23.8. The molecule has 226 valence electrons. The molecule has 6 aromatic carbocycles. The van der Waals surface area contributed by atoms with Gasteiger partial charge in [-0.05, 0) is 77.2 Å². The van der Waals surface area contributed by atoms with Gasteiger partial charge in [0.25, 0.3) is 0 Å². The number of fused-ring (bicyclic) bond motifs is 8. The number of aromatic nitrogens is 2. The molecule has 10 rings (SSSR count). The Morgan fingerprint density at radius 1 is 0.500 bits per heavy atom. The van der Waals surface area contributed by atoms with Crippen molar-refractivity contribution in [2.24, 2.45) is 0 Å². The van der Waals surface area contributed by atoms with E-state index in [4.69, 9.17) is 18.8 Å². The highest BCUT2D eigenvalue weighted by Crippen LogP contribution is 2.42. The summed E-state index contributed by atoms with van der Waals surface area (Å²) in [5, 5.41) is 5.72. The van der Waals surface area contributed by atoms with Crippen LogP contribution in [0.15, 0.2) is 148 Å². The maximum absolute atomic E-state index is 6.50. The minimum absolute atomic E-state index is 0.669. The highest BCUT2D eigenvalue weighted by molar-refractivity contribution is 6.19. The summed E-state index contributed by atoms with van der Waals surface area (Å²) < 4.78 is 13.0. The molecule has 0 atom stereocenters. The average molecular weight is 617 g/mol. The zero-order valence-electron chi connectivity index (χ0n) is 26.0. The third-order valence-corrected chi connectivity index (χ3v) is 9.55. The Kier molecular flexibility index (Phi) is 5.97. The first kappa shape index (κ1) is 26.9. The molecule has 48 heavy (non-hydrogen) atoms. The molecule has 3 aromatic heterocycles. The third kappa shape index (κ3) is 4.30. The van der Waals surface area contributed by atoms with Crippen LogP contribution in [-0.2, 0) is 6.42 Å². The Balaban J connectivity index is 1.22. The highest BCUT2D eigenvalue weighted by Gasteiger charge is 2.23. The second-order valence-corrected chi connectivity index (χ2v) is 12.4. The monoisotopic (exact) mass is 616 g/mol. The van der Waals surface area contributed by atoms with Crippen LogP contribution in [0.5, 0.6) is 0 Å². The van der Waals surface area contributed by atoms with Crippen LogP contribution in [0.1, 0.15) is 17.7 Å². The van der Waals surface area contributed by atoms with Crippen molar-refractivity contribution < 1.29 is 8.83 Å². The quantitative estimate of drug-likeness (QED) is 0.197. The fraction of sp³-hybridized carbons (Fsp3) is 0.0455. The zero-order valence-corrected chi connectivity index (χ0v) is 26.0. The van der Waals surface area contributed by atoms with Gasteiger partial charge in [-0.2, -0.15) is 0 Å². The van der Waals surface area contributed by atoms with E-state index in [0.29, 0.717) is 5.82 Å². The van der Waals surface area contributed by atoms with Gasteiger partial charge in [0, 0.05) is 38.4 Å². The van der Waals surface area contributed by atoms with Gasteiger partial charge in [0.15, 0.2) is 5.82 Å². The van der Waals surface area contributed by atoms with E-state index in [1.807, 2.05) is 12.1 Å². The highest BCUT2D eigenvalue weighted by atomic mass is 16.3. The minimum atomic E-state index is 0.669. The van der Waals surface area contributed by atoms with Crippen LogP contribution in [0.4, 0.5) is 0 Å². The topological polar surface area (TPSA) is 52.1 Å². The summed E-state index contributed by atoms with van der Waals surface area (Å²) in [5.74, 6) is 1.59. The first-order valence-electron chi connectivity index (χ1n) is 16.4. The Bertz CT molecular complexity index is 2720. The van der Waals surface area contributed by atoms with E-state index in [1.165, 1.54) is 16.3 Å². The van der Waals surface area contributed by atoms with E-state index in [9.17, 15) is 0 Å². The second-order valence-electron chi connectivity index (χ2n) is 12.4. The summed E-state index contributed by atoms with van der Waals surface area (Å²) in [6.07, 6.45) is 6.18. The number of hydrogen-bond acceptors (Lipinski definition) is 4. The molecule has 4 heteroatoms. The molecule has 3 heterocycles. The van der Waals surface area contributed by atoms with Gasteiger partial charge in [-0.15, -0.1) is 0 Å². The van der Waals surface area contributed by atoms with Gasteiger partial charge in [0.2, 0.25) is 0 Å². The van der Waals surface area contributed by atoms with E-state index in [1.54, 1.807) is 0 Å². The molecule has 1 aliphatic carbocycles. The number of benzene rings is 6. The first-order valence-corrected chi connectivity index (χ1v) is 16.4. The summed E-state index contributed by atoms with van der Waals surface area (Å²) in [6.45, 7) is 0. The number of furan rings is 2. The van der Waals surface area contributed by atoms with Gasteiger partial charge in [-0.3, -0.25) is 0 Å². The lowest BCUT2D eigenvalue weighted by Crippen LogP contribution is -1.98. The van der Waals surface area contributed by atoms with Crippen molar-refractivity contribution in [3.8, 4) is 45.0 Å². The molecule has 0 saturated carbocycles. The molecular formula is C44H28N2O2. The van der Waals surface area contributed by atoms with Crippen molar-refractivity contribution in [1.29, 1.82) is 0 Å². The van der Waals surface area contributed by atoms with Crippen molar-refractivity contribution in [3.05, 3.63) is 151 Å². The molecule has 0 bridgehead atoms. The molecule has 1 aliphatic rings. The van der Waals surface area contributed by atoms with Crippen LogP contribution in [0.25, 0.3) is 94.8 Å². The second kappa shape index (κ2) is 10.6. The molecule has 4 nitrogen and oxygen atoms in total. The van der Waals surface area contributed by atoms with E-state index in [-0.39, 0.29) is 0 Å². The van der Waals surface area contributed by atoms with Crippen LogP contribution < -0.4 is 0 Å². The lowest BCUT2D eigenvalue weighted by Gasteiger charge is -2.13. The molecular weight excluding hydrogens is 588 g/mol. The van der Waals surface area contributed by atoms with Gasteiger partial charge in [-0.1, -0.05) is 103 Å². The number of hydrogen-bond donors (Lipinski definition) is 0. The molecule has 0 amide bonds. The molecule has 0 saturated heterocycles. The molecule has 9 aromatic rings. The number of rotatable bonds is 4. The zero-order chi connectivity index (χ0) is 31.6. The van der Waals surface area contributed by atoms with Crippen molar-refractivity contribution >= 4 is 49.8 Å². The Labute approximate surface area is 276 Å². The predicted molar refractivity (Wildman–Crippen MR) is 196 cm³/mol. The van der Waals surface area contributed by atoms with Crippen molar-refractivity contribution in [3.63, 3.8) is 0 Å². The van der Waals surface area contributed by atoms with Gasteiger partial charge in [0.05, 0.1) is 11.4 Å². The van der Waals surface area contributed by atoms with Crippen LogP contribution in [0.2, 0.25) is 0 Å². The molecule has 0 fully saturated rings. The fourth-order valence-corrected chi connectivity index (χ4v) is 7.26. The molecule has 0 unspecified atom stereocenters. The number of nitrogens with zero attached hydrogens (tertiary/aromatic N) is 2. The van der Waals surface area contributed by atoms with Gasteiger partial charge >= 0.3 is 0 Å². The smallest absolute Gasteiger partial charge is 0.161 e. The lowest BCUT2D eigenvalue weighted by molar-refractivity contribution is 0.595. The standard InChI is InChI=1S/C44H28N2O2/c1-3-11-27(12-4-1)31-23-35(43-33-17-9-10-18-38(33)47-41(43)25-31)44-45-36(29-14-5-2-6-15-29)26-37(46-44)30-19-21-34-40(24-30)48-39-22-20-28-13-7-8-16-32(28)42(34)39/h1-8,10-16,18-26H,9,17H2. The fourth-order valence-electron chi connectivity index (χ4n) is 7.26. The van der Waals surface area contributed by atoms with Gasteiger partial charge in [0.1, 0.15) is 22.5 Å². The Morgan fingerprint density at radius 3 is 2.10 bits per heavy atom. The Morgan fingerprint density at radius 2 is 1.25 bits per heavy atom. The SMILES string of the molecule is C1=Cc2oc3cc(-c4ccccc4)cc(-c4nc(-c5ccccc5)cc(-c5ccc6c(c5)oc5ccc7ccccc7c56)n4)c3c2CC1. The van der Waals surface area contributed by atoms with Crippen molar-refractivity contribution in [2.45, 2.75) is 12.8 Å². The van der Waals surface area contributed by atoms with E-state index < -0.39 is 0 Å². The molecule has 0 aliphatic heterocycles. The summed E-state index contributed by atoms with van der Waals surface area (Å²) in [5.41, 5.74) is 10.7. The maximum atomic E-state index is 6.50. The Hall–Kier alpha value is -6.26. The average Bonchev–Trinajstić information content (AvgIpc) is 3.73. The van der Waals surface area contributed by atoms with E-state index >= 15 is 0 Å². The van der Waals surface area contributed by atoms with E-state index in [2.05, 4.69) is 133 Å². The maximum Gasteiger partial charge on any atom is 0.161 e. The van der Waals surface area contributed by atoms with Crippen molar-refractivity contribution in [1.82, 2.24) is 9.97 Å². The van der Waals surface area contributed by atoms with E-state index in [0.717, 1.165) is 90.7 Å². The number of aryl methyl sites for hydroxylation is 1. The predicted octanol–water partition coefficient (Wildman–Crippen LogP) is 11.9. The summed E-state index contributed by atoms with van der Waals surface area (Å²) in [7, 11) is 0. The molecule has 0 spiro atoms. The van der Waals surface area contributed by atoms with Gasteiger partial charge in [-0.25, -0.2) is 9.97 Å². The molecule has 0 N–H and O–H groups in total. The summed E-state index contributed by atoms with van der Waals surface area (Å²) in [6, 6.07) is 46.3. The summed E-state index contributed by atoms with van der Waals surface area (Å²) >= 11 is 0. The lowest BCUT2D eigenvalue weighted by atomic mass is 9.94. The molecule has 0 radical (unpaired) electrons. The van der Waals surface area contributed by atoms with Crippen LogP contribution in [-0.4, -0.2) is 9.97 Å². The number of allylic oxidation sites excluding steroid dienone is 1.